The number of carbonyl (C=O) groups excluding carboxylic acids is 1. The van der Waals surface area contributed by atoms with Gasteiger partial charge in [-0.15, -0.1) is 0 Å². The van der Waals surface area contributed by atoms with Crippen molar-refractivity contribution in [1.29, 1.82) is 0 Å². The monoisotopic (exact) mass is 248 g/mol. The van der Waals surface area contributed by atoms with Crippen molar-refractivity contribution >= 4 is 5.91 Å². The van der Waals surface area contributed by atoms with E-state index in [1.165, 1.54) is 0 Å². The lowest BCUT2D eigenvalue weighted by atomic mass is 10.1. The largest absolute Gasteiger partial charge is 0.375 e. The molecule has 1 aliphatic rings. The van der Waals surface area contributed by atoms with Crippen molar-refractivity contribution in [2.75, 3.05) is 19.7 Å². The molecule has 4 nitrogen and oxygen atoms in total. The maximum Gasteiger partial charge on any atom is 0.223 e. The van der Waals surface area contributed by atoms with Crippen LogP contribution in [0.1, 0.15) is 24.9 Å². The van der Waals surface area contributed by atoms with Gasteiger partial charge in [-0.25, -0.2) is 0 Å². The zero-order valence-corrected chi connectivity index (χ0v) is 10.7. The summed E-state index contributed by atoms with van der Waals surface area (Å²) >= 11 is 0. The first-order valence-electron chi connectivity index (χ1n) is 6.42. The molecule has 1 aromatic rings. The Kier molecular flexibility index (Phi) is 4.73. The van der Waals surface area contributed by atoms with Crippen LogP contribution in [0.15, 0.2) is 30.3 Å². The molecule has 1 saturated heterocycles. The summed E-state index contributed by atoms with van der Waals surface area (Å²) in [5.41, 5.74) is 1.12. The number of ether oxygens (including phenoxy) is 1. The Bertz CT molecular complexity index is 375. The van der Waals surface area contributed by atoms with Crippen LogP contribution in [0.4, 0.5) is 0 Å². The van der Waals surface area contributed by atoms with Crippen LogP contribution >= 0.6 is 0 Å². The number of nitrogens with one attached hydrogen (secondary N) is 2. The smallest absolute Gasteiger partial charge is 0.223 e. The highest BCUT2D eigenvalue weighted by Gasteiger charge is 2.18. The molecule has 0 aromatic heterocycles. The van der Waals surface area contributed by atoms with Crippen molar-refractivity contribution in [2.24, 2.45) is 0 Å². The molecule has 2 N–H and O–H groups in total. The number of benzene rings is 1. The summed E-state index contributed by atoms with van der Waals surface area (Å²) in [6, 6.07) is 10.0. The van der Waals surface area contributed by atoms with Gasteiger partial charge >= 0.3 is 0 Å². The van der Waals surface area contributed by atoms with Crippen LogP contribution in [0.5, 0.6) is 0 Å². The van der Waals surface area contributed by atoms with Crippen molar-refractivity contribution < 1.29 is 9.53 Å². The van der Waals surface area contributed by atoms with E-state index in [1.54, 1.807) is 0 Å². The van der Waals surface area contributed by atoms with E-state index in [9.17, 15) is 4.79 Å². The Balaban J connectivity index is 1.80. The van der Waals surface area contributed by atoms with Crippen molar-refractivity contribution in [3.05, 3.63) is 35.9 Å². The molecule has 0 saturated carbocycles. The lowest BCUT2D eigenvalue weighted by molar-refractivity contribution is -0.125. The van der Waals surface area contributed by atoms with Crippen LogP contribution in [0.25, 0.3) is 0 Å². The molecule has 1 aromatic carbocycles. The maximum atomic E-state index is 11.9. The van der Waals surface area contributed by atoms with E-state index in [4.69, 9.17) is 4.74 Å². The van der Waals surface area contributed by atoms with Gasteiger partial charge in [0.25, 0.3) is 0 Å². The van der Waals surface area contributed by atoms with Gasteiger partial charge in [0, 0.05) is 13.1 Å². The van der Waals surface area contributed by atoms with Gasteiger partial charge in [0.15, 0.2) is 0 Å². The summed E-state index contributed by atoms with van der Waals surface area (Å²) in [4.78, 5) is 11.9. The van der Waals surface area contributed by atoms with Crippen molar-refractivity contribution in [2.45, 2.75) is 25.5 Å². The predicted octanol–water partition coefficient (Wildman–Crippen LogP) is 1.24. The van der Waals surface area contributed by atoms with Crippen LogP contribution in [0.3, 0.4) is 0 Å². The molecule has 0 aliphatic carbocycles. The number of amides is 1. The molecule has 4 heteroatoms. The quantitative estimate of drug-likeness (QED) is 0.843. The minimum absolute atomic E-state index is 0.00160. The molecule has 0 radical (unpaired) electrons. The standard InChI is InChI=1S/C14H20N2O2/c1-11(12-5-3-2-4-6-12)16-14(17)9-13-10-15-7-8-18-13/h2-6,11,13,15H,7-10H2,1H3,(H,16,17)/t11-,13?/m0/s1. The Morgan fingerprint density at radius 2 is 2.28 bits per heavy atom. The molecule has 1 amide bonds. The van der Waals surface area contributed by atoms with Crippen molar-refractivity contribution in [3.63, 3.8) is 0 Å². The second kappa shape index (κ2) is 6.52. The maximum absolute atomic E-state index is 11.9. The summed E-state index contributed by atoms with van der Waals surface area (Å²) in [6.45, 7) is 4.31. The minimum atomic E-state index is 0.00160. The highest BCUT2D eigenvalue weighted by Crippen LogP contribution is 2.12. The lowest BCUT2D eigenvalue weighted by Gasteiger charge is -2.24. The third-order valence-corrected chi connectivity index (χ3v) is 3.09. The zero-order chi connectivity index (χ0) is 12.8. The van der Waals surface area contributed by atoms with Gasteiger partial charge in [-0.05, 0) is 12.5 Å². The van der Waals surface area contributed by atoms with Crippen LogP contribution < -0.4 is 10.6 Å². The third kappa shape index (κ3) is 3.82. The van der Waals surface area contributed by atoms with Gasteiger partial charge in [0.1, 0.15) is 0 Å². The van der Waals surface area contributed by atoms with Gasteiger partial charge in [0.05, 0.1) is 25.2 Å². The summed E-state index contributed by atoms with van der Waals surface area (Å²) < 4.78 is 5.51. The molecule has 1 unspecified atom stereocenters. The third-order valence-electron chi connectivity index (χ3n) is 3.09. The van der Waals surface area contributed by atoms with Crippen LogP contribution in [0, 0.1) is 0 Å². The van der Waals surface area contributed by atoms with Gasteiger partial charge in [0.2, 0.25) is 5.91 Å². The molecular formula is C14H20N2O2. The molecule has 18 heavy (non-hydrogen) atoms. The average molecular weight is 248 g/mol. The molecule has 2 rings (SSSR count). The molecule has 1 heterocycles. The van der Waals surface area contributed by atoms with E-state index in [2.05, 4.69) is 10.6 Å². The van der Waals surface area contributed by atoms with Crippen LogP contribution in [0.2, 0.25) is 0 Å². The average Bonchev–Trinajstić information content (AvgIpc) is 2.40. The summed E-state index contributed by atoms with van der Waals surface area (Å²) in [6.07, 6.45) is 0.422. The van der Waals surface area contributed by atoms with E-state index >= 15 is 0 Å². The van der Waals surface area contributed by atoms with Gasteiger partial charge in [-0.1, -0.05) is 30.3 Å². The van der Waals surface area contributed by atoms with Crippen LogP contribution in [-0.4, -0.2) is 31.7 Å². The normalized spacial score (nSPS) is 21.3. The molecule has 98 valence electrons. The SMILES string of the molecule is C[C@H](NC(=O)CC1CNCCO1)c1ccccc1. The number of hydrogen-bond donors (Lipinski definition) is 2. The fourth-order valence-electron chi connectivity index (χ4n) is 2.08. The Labute approximate surface area is 108 Å². The van der Waals surface area contributed by atoms with Crippen LogP contribution in [-0.2, 0) is 9.53 Å². The number of morpholine rings is 1. The first kappa shape index (κ1) is 13.1. The zero-order valence-electron chi connectivity index (χ0n) is 10.7. The molecular weight excluding hydrogens is 228 g/mol. The van der Waals surface area contributed by atoms with E-state index in [1.807, 2.05) is 37.3 Å². The van der Waals surface area contributed by atoms with Gasteiger partial charge in [-0.3, -0.25) is 4.79 Å². The van der Waals surface area contributed by atoms with E-state index < -0.39 is 0 Å². The fraction of sp³-hybridized carbons (Fsp3) is 0.500. The van der Waals surface area contributed by atoms with E-state index in [0.717, 1.165) is 18.7 Å². The van der Waals surface area contributed by atoms with E-state index in [0.29, 0.717) is 13.0 Å². The fourth-order valence-corrected chi connectivity index (χ4v) is 2.08. The van der Waals surface area contributed by atoms with E-state index in [-0.39, 0.29) is 18.1 Å². The lowest BCUT2D eigenvalue weighted by Crippen LogP contribution is -2.41. The molecule has 1 aliphatic heterocycles. The van der Waals surface area contributed by atoms with Gasteiger partial charge < -0.3 is 15.4 Å². The number of rotatable bonds is 4. The highest BCUT2D eigenvalue weighted by atomic mass is 16.5. The second-order valence-corrected chi connectivity index (χ2v) is 4.60. The molecule has 2 atom stereocenters. The number of carbonyl (C=O) groups is 1. The molecule has 1 fully saturated rings. The van der Waals surface area contributed by atoms with Crippen molar-refractivity contribution in [3.8, 4) is 0 Å². The Morgan fingerprint density at radius 1 is 1.50 bits per heavy atom. The summed E-state index contributed by atoms with van der Waals surface area (Å²) in [5.74, 6) is 0.0417. The van der Waals surface area contributed by atoms with Crippen molar-refractivity contribution in [1.82, 2.24) is 10.6 Å². The summed E-state index contributed by atoms with van der Waals surface area (Å²) in [5, 5.41) is 6.22. The summed E-state index contributed by atoms with van der Waals surface area (Å²) in [7, 11) is 0. The number of hydrogen-bond acceptors (Lipinski definition) is 3. The molecule has 0 bridgehead atoms. The Morgan fingerprint density at radius 3 is 2.94 bits per heavy atom. The molecule has 0 spiro atoms. The topological polar surface area (TPSA) is 50.4 Å². The van der Waals surface area contributed by atoms with Gasteiger partial charge in [-0.2, -0.15) is 0 Å². The predicted molar refractivity (Wildman–Crippen MR) is 70.2 cm³/mol. The first-order valence-corrected chi connectivity index (χ1v) is 6.42. The highest BCUT2D eigenvalue weighted by molar-refractivity contribution is 5.77. The first-order chi connectivity index (χ1) is 8.75. The second-order valence-electron chi connectivity index (χ2n) is 4.60. The minimum Gasteiger partial charge on any atom is -0.375 e. The Hall–Kier alpha value is -1.39.